The van der Waals surface area contributed by atoms with Gasteiger partial charge in [-0.3, -0.25) is 4.52 Å². The largest absolute Gasteiger partial charge is 0.494 e. The molecule has 9 nitrogen and oxygen atoms in total. The number of ether oxygens (including phenoxy) is 2. The number of alkyl halides is 3. The smallest absolute Gasteiger partial charge is 0.469 e. The van der Waals surface area contributed by atoms with Crippen LogP contribution in [0.2, 0.25) is 5.02 Å². The van der Waals surface area contributed by atoms with Crippen molar-refractivity contribution in [3.05, 3.63) is 58.1 Å². The number of rotatable bonds is 12. The predicted molar refractivity (Wildman–Crippen MR) is 132 cm³/mol. The first-order chi connectivity index (χ1) is 17.2. The van der Waals surface area contributed by atoms with Crippen LogP contribution in [0, 0.1) is 0 Å². The monoisotopic (exact) mass is 581 g/mol. The van der Waals surface area contributed by atoms with Crippen LogP contribution in [0.4, 0.5) is 13.2 Å². The van der Waals surface area contributed by atoms with Gasteiger partial charge in [0, 0.05) is 10.6 Å². The standard InChI is InChI=1S/C22H24ClF3N3O6PS/c1-21(27,13-35-36(30,31)32)20-29-28-19(37-20)14-4-9-18(17(12-14)22(24,25)26)34-11-3-2-10-33-16-7-5-15(23)6-8-16/h4-9,12H,2-3,10-11,13,27H2,1H3,(H2,30,31,32)/t21-/m0/s1. The number of nitrogens with two attached hydrogens (primary N) is 1. The molecule has 0 radical (unpaired) electrons. The van der Waals surface area contributed by atoms with Gasteiger partial charge in [-0.15, -0.1) is 10.2 Å². The lowest BCUT2D eigenvalue weighted by Gasteiger charge is -2.21. The van der Waals surface area contributed by atoms with E-state index in [9.17, 15) is 17.7 Å². The van der Waals surface area contributed by atoms with Gasteiger partial charge >= 0.3 is 14.0 Å². The average Bonchev–Trinajstić information content (AvgIpc) is 3.32. The number of benzene rings is 2. The Morgan fingerprint density at radius 3 is 2.32 bits per heavy atom. The van der Waals surface area contributed by atoms with Crippen LogP contribution in [0.5, 0.6) is 11.5 Å². The second kappa shape index (κ2) is 12.1. The van der Waals surface area contributed by atoms with Crippen molar-refractivity contribution in [1.82, 2.24) is 10.2 Å². The summed E-state index contributed by atoms with van der Waals surface area (Å²) < 4.78 is 67.6. The van der Waals surface area contributed by atoms with Gasteiger partial charge in [-0.25, -0.2) is 4.57 Å². The van der Waals surface area contributed by atoms with Crippen LogP contribution in [-0.2, 0) is 20.8 Å². The van der Waals surface area contributed by atoms with E-state index in [4.69, 9.17) is 36.6 Å². The molecule has 0 aliphatic heterocycles. The van der Waals surface area contributed by atoms with Crippen molar-refractivity contribution < 1.29 is 41.5 Å². The van der Waals surface area contributed by atoms with E-state index in [1.54, 1.807) is 24.3 Å². The molecule has 0 unspecified atom stereocenters. The topological polar surface area (TPSA) is 137 Å². The van der Waals surface area contributed by atoms with Gasteiger partial charge in [0.25, 0.3) is 0 Å². The summed E-state index contributed by atoms with van der Waals surface area (Å²) in [7, 11) is -4.77. The number of phosphoric acid groups is 1. The molecule has 3 rings (SSSR count). The van der Waals surface area contributed by atoms with Gasteiger partial charge in [0.05, 0.1) is 30.9 Å². The first kappa shape index (κ1) is 29.3. The summed E-state index contributed by atoms with van der Waals surface area (Å²) in [6.07, 6.45) is -3.65. The Morgan fingerprint density at radius 2 is 1.70 bits per heavy atom. The van der Waals surface area contributed by atoms with Crippen molar-refractivity contribution in [2.24, 2.45) is 5.73 Å². The molecule has 1 heterocycles. The SMILES string of the molecule is C[C@](N)(COP(=O)(O)O)c1nnc(-c2ccc(OCCCCOc3ccc(Cl)cc3)c(C(F)(F)F)c2)s1. The van der Waals surface area contributed by atoms with E-state index in [-0.39, 0.29) is 27.9 Å². The third-order valence-electron chi connectivity index (χ3n) is 4.86. The Hall–Kier alpha value is -2.25. The number of unbranched alkanes of at least 4 members (excludes halogenated alkanes) is 1. The van der Waals surface area contributed by atoms with Crippen LogP contribution in [-0.4, -0.2) is 39.8 Å². The molecule has 2 aromatic carbocycles. The van der Waals surface area contributed by atoms with Gasteiger partial charge in [0.1, 0.15) is 21.5 Å². The molecular weight excluding hydrogens is 558 g/mol. The van der Waals surface area contributed by atoms with E-state index in [1.807, 2.05) is 0 Å². The zero-order chi connectivity index (χ0) is 27.3. The summed E-state index contributed by atoms with van der Waals surface area (Å²) in [5, 5.41) is 8.60. The first-order valence-electron chi connectivity index (χ1n) is 10.8. The fourth-order valence-corrected chi connectivity index (χ4v) is 4.41. The number of halogens is 4. The molecule has 0 amide bonds. The molecule has 0 aliphatic rings. The van der Waals surface area contributed by atoms with Crippen molar-refractivity contribution >= 4 is 30.8 Å². The van der Waals surface area contributed by atoms with Gasteiger partial charge in [0.15, 0.2) is 0 Å². The highest BCUT2D eigenvalue weighted by molar-refractivity contribution is 7.46. The van der Waals surface area contributed by atoms with Gasteiger partial charge < -0.3 is 25.0 Å². The summed E-state index contributed by atoms with van der Waals surface area (Å²) in [6, 6.07) is 10.4. The molecule has 37 heavy (non-hydrogen) atoms. The molecular formula is C22H24ClF3N3O6PS. The number of phosphoric ester groups is 1. The molecule has 0 fully saturated rings. The van der Waals surface area contributed by atoms with Gasteiger partial charge in [0.2, 0.25) is 0 Å². The van der Waals surface area contributed by atoms with Crippen LogP contribution < -0.4 is 15.2 Å². The van der Waals surface area contributed by atoms with Crippen LogP contribution >= 0.6 is 30.8 Å². The van der Waals surface area contributed by atoms with E-state index in [0.717, 1.165) is 17.4 Å². The second-order valence-electron chi connectivity index (χ2n) is 8.16. The molecule has 0 aliphatic carbocycles. The van der Waals surface area contributed by atoms with Crippen molar-refractivity contribution in [2.45, 2.75) is 31.5 Å². The number of nitrogens with zero attached hydrogens (tertiary/aromatic N) is 2. The van der Waals surface area contributed by atoms with E-state index in [2.05, 4.69) is 14.7 Å². The number of hydrogen-bond donors (Lipinski definition) is 3. The van der Waals surface area contributed by atoms with Crippen molar-refractivity contribution in [3.8, 4) is 22.1 Å². The first-order valence-corrected chi connectivity index (χ1v) is 13.5. The Bertz CT molecular complexity index is 1240. The van der Waals surface area contributed by atoms with Crippen molar-refractivity contribution in [1.29, 1.82) is 0 Å². The Morgan fingerprint density at radius 1 is 1.05 bits per heavy atom. The number of aromatic nitrogens is 2. The lowest BCUT2D eigenvalue weighted by atomic mass is 10.1. The van der Waals surface area contributed by atoms with E-state index < -0.39 is 31.7 Å². The zero-order valence-electron chi connectivity index (χ0n) is 19.4. The lowest BCUT2D eigenvalue weighted by molar-refractivity contribution is -0.138. The van der Waals surface area contributed by atoms with Crippen molar-refractivity contribution in [2.75, 3.05) is 19.8 Å². The van der Waals surface area contributed by atoms with E-state index in [1.165, 1.54) is 19.1 Å². The lowest BCUT2D eigenvalue weighted by Crippen LogP contribution is -2.37. The molecule has 1 aromatic heterocycles. The summed E-state index contributed by atoms with van der Waals surface area (Å²) in [6.45, 7) is 1.26. The molecule has 3 aromatic rings. The van der Waals surface area contributed by atoms with Crippen molar-refractivity contribution in [3.63, 3.8) is 0 Å². The highest BCUT2D eigenvalue weighted by Gasteiger charge is 2.35. The van der Waals surface area contributed by atoms with Gasteiger partial charge in [-0.1, -0.05) is 22.9 Å². The third-order valence-corrected chi connectivity index (χ3v) is 6.83. The number of hydrogen-bond acceptors (Lipinski definition) is 8. The minimum atomic E-state index is -4.77. The summed E-state index contributed by atoms with van der Waals surface area (Å²) in [4.78, 5) is 17.8. The molecule has 0 saturated heterocycles. The quantitative estimate of drug-likeness (QED) is 0.190. The maximum absolute atomic E-state index is 13.7. The average molecular weight is 582 g/mol. The van der Waals surface area contributed by atoms with Gasteiger partial charge in [-0.05, 0) is 62.2 Å². The molecule has 0 saturated carbocycles. The molecule has 15 heteroatoms. The fourth-order valence-electron chi connectivity index (χ4n) is 2.97. The minimum absolute atomic E-state index is 0.0560. The highest BCUT2D eigenvalue weighted by atomic mass is 35.5. The fraction of sp³-hybridized carbons (Fsp3) is 0.364. The summed E-state index contributed by atoms with van der Waals surface area (Å²) in [5.74, 6) is 0.322. The molecule has 0 bridgehead atoms. The Labute approximate surface area is 219 Å². The van der Waals surface area contributed by atoms with E-state index in [0.29, 0.717) is 30.2 Å². The third kappa shape index (κ3) is 8.92. The molecule has 1 atom stereocenters. The predicted octanol–water partition coefficient (Wildman–Crippen LogP) is 5.40. The molecule has 202 valence electrons. The van der Waals surface area contributed by atoms with Crippen LogP contribution in [0.3, 0.4) is 0 Å². The van der Waals surface area contributed by atoms with Crippen LogP contribution in [0.1, 0.15) is 30.3 Å². The highest BCUT2D eigenvalue weighted by Crippen LogP contribution is 2.41. The van der Waals surface area contributed by atoms with Crippen LogP contribution in [0.15, 0.2) is 42.5 Å². The molecule has 4 N–H and O–H groups in total. The normalized spacial score (nSPS) is 13.8. The van der Waals surface area contributed by atoms with E-state index >= 15 is 0 Å². The second-order valence-corrected chi connectivity index (χ2v) is 10.8. The molecule has 0 spiro atoms. The maximum atomic E-state index is 13.7. The summed E-state index contributed by atoms with van der Waals surface area (Å²) in [5.41, 5.74) is 3.75. The maximum Gasteiger partial charge on any atom is 0.469 e. The zero-order valence-corrected chi connectivity index (χ0v) is 21.9. The Kier molecular flexibility index (Phi) is 9.57. The minimum Gasteiger partial charge on any atom is -0.494 e. The summed E-state index contributed by atoms with van der Waals surface area (Å²) >= 11 is 6.70. The van der Waals surface area contributed by atoms with Gasteiger partial charge in [-0.2, -0.15) is 13.2 Å². The Balaban J connectivity index is 1.62. The van der Waals surface area contributed by atoms with Crippen LogP contribution in [0.25, 0.3) is 10.6 Å².